The van der Waals surface area contributed by atoms with Crippen LogP contribution in [-0.2, 0) is 6.42 Å². The molecule has 2 N–H and O–H groups in total. The maximum Gasteiger partial charge on any atom is 0.161 e. The number of benzene rings is 1. The van der Waals surface area contributed by atoms with E-state index < -0.39 is 0 Å². The lowest BCUT2D eigenvalue weighted by molar-refractivity contribution is 0.373. The first kappa shape index (κ1) is 13.9. The standard InChI is InChI=1S/C16H18N2O2S/c1-20-14-10-11(5-7-13(14)19)6-8-15-18-12-4-2-3-9-17-16(12)21-15/h5-8,10,17,19H,2-4,9H2,1H3/b8-6+. The average molecular weight is 302 g/mol. The molecule has 0 fully saturated rings. The minimum Gasteiger partial charge on any atom is -0.504 e. The second-order valence-corrected chi connectivity index (χ2v) is 6.01. The van der Waals surface area contributed by atoms with Crippen LogP contribution in [0.25, 0.3) is 12.2 Å². The van der Waals surface area contributed by atoms with Gasteiger partial charge in [-0.05, 0) is 43.0 Å². The molecular weight excluding hydrogens is 284 g/mol. The van der Waals surface area contributed by atoms with Gasteiger partial charge in [-0.3, -0.25) is 0 Å². The number of nitrogens with zero attached hydrogens (tertiary/aromatic N) is 1. The fourth-order valence-corrected chi connectivity index (χ4v) is 3.27. The molecule has 0 spiro atoms. The molecule has 5 heteroatoms. The molecule has 4 nitrogen and oxygen atoms in total. The second-order valence-electron chi connectivity index (χ2n) is 4.98. The number of rotatable bonds is 3. The molecule has 1 aromatic carbocycles. The summed E-state index contributed by atoms with van der Waals surface area (Å²) >= 11 is 1.69. The van der Waals surface area contributed by atoms with Crippen LogP contribution in [0.15, 0.2) is 18.2 Å². The van der Waals surface area contributed by atoms with Gasteiger partial charge in [0.15, 0.2) is 11.5 Å². The number of aromatic nitrogens is 1. The smallest absolute Gasteiger partial charge is 0.161 e. The minimum absolute atomic E-state index is 0.153. The molecular formula is C16H18N2O2S. The summed E-state index contributed by atoms with van der Waals surface area (Å²) in [7, 11) is 1.55. The molecule has 2 heterocycles. The average Bonchev–Trinajstić information content (AvgIpc) is 2.76. The van der Waals surface area contributed by atoms with Crippen molar-refractivity contribution in [3.05, 3.63) is 34.5 Å². The number of hydrogen-bond acceptors (Lipinski definition) is 5. The number of phenolic OH excluding ortho intramolecular Hbond substituents is 1. The molecule has 0 saturated heterocycles. The largest absolute Gasteiger partial charge is 0.504 e. The predicted octanol–water partition coefficient (Wildman–Crippen LogP) is 3.78. The highest BCUT2D eigenvalue weighted by atomic mass is 32.1. The van der Waals surface area contributed by atoms with Gasteiger partial charge in [-0.2, -0.15) is 0 Å². The number of methoxy groups -OCH3 is 1. The molecule has 0 unspecified atom stereocenters. The van der Waals surface area contributed by atoms with Crippen LogP contribution in [-0.4, -0.2) is 23.7 Å². The van der Waals surface area contributed by atoms with Crippen LogP contribution in [0.4, 0.5) is 5.00 Å². The molecule has 0 saturated carbocycles. The molecule has 2 aromatic rings. The third-order valence-electron chi connectivity index (χ3n) is 3.46. The van der Waals surface area contributed by atoms with Gasteiger partial charge in [-0.1, -0.05) is 23.5 Å². The number of aromatic hydroxyl groups is 1. The normalized spacial score (nSPS) is 14.5. The molecule has 1 aromatic heterocycles. The Morgan fingerprint density at radius 3 is 3.10 bits per heavy atom. The summed E-state index contributed by atoms with van der Waals surface area (Å²) in [6.45, 7) is 1.04. The van der Waals surface area contributed by atoms with E-state index >= 15 is 0 Å². The summed E-state index contributed by atoms with van der Waals surface area (Å²) in [6, 6.07) is 5.30. The predicted molar refractivity (Wildman–Crippen MR) is 87.1 cm³/mol. The fourth-order valence-electron chi connectivity index (χ4n) is 2.33. The lowest BCUT2D eigenvalue weighted by atomic mass is 10.2. The summed E-state index contributed by atoms with van der Waals surface area (Å²) in [5.74, 6) is 0.633. The molecule has 1 aliphatic rings. The van der Waals surface area contributed by atoms with E-state index in [4.69, 9.17) is 4.74 Å². The summed E-state index contributed by atoms with van der Waals surface area (Å²) < 4.78 is 5.11. The highest BCUT2D eigenvalue weighted by molar-refractivity contribution is 7.16. The number of hydrogen-bond donors (Lipinski definition) is 2. The van der Waals surface area contributed by atoms with Crippen LogP contribution in [0.5, 0.6) is 11.5 Å². The van der Waals surface area contributed by atoms with E-state index in [1.165, 1.54) is 23.5 Å². The molecule has 0 aliphatic carbocycles. The summed E-state index contributed by atoms with van der Waals surface area (Å²) in [6.07, 6.45) is 7.45. The maximum absolute atomic E-state index is 9.59. The van der Waals surface area contributed by atoms with E-state index in [1.807, 2.05) is 24.3 Å². The Kier molecular flexibility index (Phi) is 4.10. The topological polar surface area (TPSA) is 54.4 Å². The van der Waals surface area contributed by atoms with Crippen molar-refractivity contribution in [2.75, 3.05) is 19.0 Å². The molecule has 1 aliphatic heterocycles. The van der Waals surface area contributed by atoms with Crippen LogP contribution in [0.1, 0.15) is 29.1 Å². The third kappa shape index (κ3) is 3.19. The third-order valence-corrected chi connectivity index (χ3v) is 4.48. The monoisotopic (exact) mass is 302 g/mol. The van der Waals surface area contributed by atoms with E-state index in [-0.39, 0.29) is 5.75 Å². The SMILES string of the molecule is COc1cc(/C=C/c2nc3c(s2)NCCCC3)ccc1O. The Bertz CT molecular complexity index is 641. The van der Waals surface area contributed by atoms with Gasteiger partial charge in [-0.15, -0.1) is 0 Å². The van der Waals surface area contributed by atoms with Crippen molar-refractivity contribution in [2.45, 2.75) is 19.3 Å². The number of nitrogens with one attached hydrogen (secondary N) is 1. The first-order valence-electron chi connectivity index (χ1n) is 7.05. The van der Waals surface area contributed by atoms with Gasteiger partial charge in [-0.25, -0.2) is 4.98 Å². The van der Waals surface area contributed by atoms with Crippen molar-refractivity contribution >= 4 is 28.5 Å². The van der Waals surface area contributed by atoms with Gasteiger partial charge in [0.25, 0.3) is 0 Å². The highest BCUT2D eigenvalue weighted by Crippen LogP contribution is 2.30. The Morgan fingerprint density at radius 2 is 2.24 bits per heavy atom. The van der Waals surface area contributed by atoms with Crippen LogP contribution in [0.3, 0.4) is 0 Å². The van der Waals surface area contributed by atoms with Crippen molar-refractivity contribution < 1.29 is 9.84 Å². The second kappa shape index (κ2) is 6.18. The zero-order chi connectivity index (χ0) is 14.7. The number of fused-ring (bicyclic) bond motifs is 1. The van der Waals surface area contributed by atoms with E-state index in [0.29, 0.717) is 5.75 Å². The van der Waals surface area contributed by atoms with Crippen LogP contribution in [0.2, 0.25) is 0 Å². The van der Waals surface area contributed by atoms with Gasteiger partial charge >= 0.3 is 0 Å². The summed E-state index contributed by atoms with van der Waals surface area (Å²) in [5.41, 5.74) is 2.16. The van der Waals surface area contributed by atoms with Crippen molar-refractivity contribution in [2.24, 2.45) is 0 Å². The summed E-state index contributed by atoms with van der Waals surface area (Å²) in [5, 5.41) is 15.2. The molecule has 0 bridgehead atoms. The number of thiazole rings is 1. The Balaban J connectivity index is 1.80. The first-order valence-corrected chi connectivity index (χ1v) is 7.86. The van der Waals surface area contributed by atoms with E-state index in [0.717, 1.165) is 23.5 Å². The molecule has 110 valence electrons. The van der Waals surface area contributed by atoms with Gasteiger partial charge in [0.2, 0.25) is 0 Å². The van der Waals surface area contributed by atoms with Crippen molar-refractivity contribution in [3.63, 3.8) is 0 Å². The zero-order valence-corrected chi connectivity index (χ0v) is 12.7. The van der Waals surface area contributed by atoms with Crippen LogP contribution in [0, 0.1) is 0 Å². The van der Waals surface area contributed by atoms with Crippen LogP contribution >= 0.6 is 11.3 Å². The van der Waals surface area contributed by atoms with Gasteiger partial charge in [0, 0.05) is 6.54 Å². The molecule has 3 rings (SSSR count). The van der Waals surface area contributed by atoms with E-state index in [2.05, 4.69) is 10.3 Å². The minimum atomic E-state index is 0.153. The molecule has 21 heavy (non-hydrogen) atoms. The lowest BCUT2D eigenvalue weighted by Gasteiger charge is -2.03. The Labute approximate surface area is 128 Å². The van der Waals surface area contributed by atoms with Crippen molar-refractivity contribution in [1.82, 2.24) is 4.98 Å². The van der Waals surface area contributed by atoms with E-state index in [9.17, 15) is 5.11 Å². The fraction of sp³-hybridized carbons (Fsp3) is 0.312. The molecule has 0 amide bonds. The number of aryl methyl sites for hydroxylation is 1. The summed E-state index contributed by atoms with van der Waals surface area (Å²) in [4.78, 5) is 4.67. The van der Waals surface area contributed by atoms with Crippen LogP contribution < -0.4 is 10.1 Å². The van der Waals surface area contributed by atoms with Crippen molar-refractivity contribution in [3.8, 4) is 11.5 Å². The number of ether oxygens (including phenoxy) is 1. The maximum atomic E-state index is 9.59. The highest BCUT2D eigenvalue weighted by Gasteiger charge is 2.12. The van der Waals surface area contributed by atoms with Gasteiger partial charge in [0.1, 0.15) is 10.0 Å². The Morgan fingerprint density at radius 1 is 1.33 bits per heavy atom. The first-order chi connectivity index (χ1) is 10.3. The van der Waals surface area contributed by atoms with Gasteiger partial charge in [0.05, 0.1) is 12.8 Å². The lowest BCUT2D eigenvalue weighted by Crippen LogP contribution is -1.96. The zero-order valence-electron chi connectivity index (χ0n) is 11.9. The quantitative estimate of drug-likeness (QED) is 0.906. The number of phenols is 1. The van der Waals surface area contributed by atoms with Gasteiger partial charge < -0.3 is 15.2 Å². The van der Waals surface area contributed by atoms with Crippen molar-refractivity contribution in [1.29, 1.82) is 0 Å². The molecule has 0 atom stereocenters. The number of anilines is 1. The van der Waals surface area contributed by atoms with E-state index in [1.54, 1.807) is 24.5 Å². The Hall–Kier alpha value is -2.01. The molecule has 0 radical (unpaired) electrons.